The van der Waals surface area contributed by atoms with Crippen molar-refractivity contribution in [2.24, 2.45) is 12.0 Å². The molecule has 1 aromatic carbocycles. The summed E-state index contributed by atoms with van der Waals surface area (Å²) in [4.78, 5) is 10.7. The van der Waals surface area contributed by atoms with E-state index >= 15 is 0 Å². The van der Waals surface area contributed by atoms with E-state index in [0.29, 0.717) is 13.1 Å². The molecule has 0 fully saturated rings. The Kier molecular flexibility index (Phi) is 5.16. The van der Waals surface area contributed by atoms with Gasteiger partial charge in [-0.05, 0) is 13.0 Å². The number of anilines is 1. The van der Waals surface area contributed by atoms with Crippen molar-refractivity contribution in [1.29, 1.82) is 0 Å². The number of rotatable bonds is 5. The Hall–Kier alpha value is -2.96. The number of hydrogen-bond donors (Lipinski definition) is 2. The molecular formula is C19H26N6O. The number of para-hydroxylation sites is 1. The lowest BCUT2D eigenvalue weighted by atomic mass is 10.1. The zero-order valence-corrected chi connectivity index (χ0v) is 16.0. The van der Waals surface area contributed by atoms with Crippen molar-refractivity contribution in [2.45, 2.75) is 20.0 Å². The minimum absolute atomic E-state index is 0.578. The van der Waals surface area contributed by atoms with E-state index in [4.69, 9.17) is 4.42 Å². The number of aliphatic imine (C=N–C) groups is 1. The average Bonchev–Trinajstić information content (AvgIpc) is 3.16. The lowest BCUT2D eigenvalue weighted by Gasteiger charge is -2.14. The van der Waals surface area contributed by atoms with Gasteiger partial charge >= 0.3 is 0 Å². The van der Waals surface area contributed by atoms with Gasteiger partial charge in [0.05, 0.1) is 25.0 Å². The zero-order chi connectivity index (χ0) is 18.7. The average molecular weight is 354 g/mol. The van der Waals surface area contributed by atoms with Crippen LogP contribution in [0.3, 0.4) is 0 Å². The number of nitrogens with zero attached hydrogens (tertiary/aromatic N) is 4. The van der Waals surface area contributed by atoms with Crippen molar-refractivity contribution in [2.75, 3.05) is 26.0 Å². The predicted octanol–water partition coefficient (Wildman–Crippen LogP) is 2.41. The van der Waals surface area contributed by atoms with Crippen LogP contribution in [0.4, 0.5) is 5.95 Å². The Morgan fingerprint density at radius 3 is 2.62 bits per heavy atom. The van der Waals surface area contributed by atoms with Crippen molar-refractivity contribution in [3.63, 3.8) is 0 Å². The summed E-state index contributed by atoms with van der Waals surface area (Å²) in [5.41, 5.74) is 3.15. The molecule has 0 spiro atoms. The molecule has 0 saturated carbocycles. The fraction of sp³-hybridized carbons (Fsp3) is 0.368. The van der Waals surface area contributed by atoms with Gasteiger partial charge in [0.2, 0.25) is 5.95 Å². The molecule has 2 N–H and O–H groups in total. The first-order chi connectivity index (χ1) is 12.5. The van der Waals surface area contributed by atoms with Crippen LogP contribution >= 0.6 is 0 Å². The molecule has 0 bridgehead atoms. The van der Waals surface area contributed by atoms with Crippen LogP contribution in [0.5, 0.6) is 0 Å². The second kappa shape index (κ2) is 7.51. The first kappa shape index (κ1) is 17.8. The standard InChI is InChI=1S/C19H26N6O/c1-13-15-8-6-7-9-16(15)26-17(13)12-22-18(20-2)21-10-14-11-23-19(24(3)4)25(14)5/h6-9,11H,10,12H2,1-5H3,(H2,20,21,22). The molecule has 138 valence electrons. The third-order valence-electron chi connectivity index (χ3n) is 4.48. The van der Waals surface area contributed by atoms with Crippen LogP contribution in [0.15, 0.2) is 39.9 Å². The van der Waals surface area contributed by atoms with E-state index in [1.807, 2.05) is 50.4 Å². The van der Waals surface area contributed by atoms with Crippen LogP contribution in [-0.2, 0) is 20.1 Å². The van der Waals surface area contributed by atoms with E-state index in [9.17, 15) is 0 Å². The maximum absolute atomic E-state index is 5.94. The van der Waals surface area contributed by atoms with Crippen LogP contribution in [0.25, 0.3) is 11.0 Å². The van der Waals surface area contributed by atoms with Gasteiger partial charge in [0.25, 0.3) is 0 Å². The van der Waals surface area contributed by atoms with Gasteiger partial charge in [0.15, 0.2) is 5.96 Å². The summed E-state index contributed by atoms with van der Waals surface area (Å²) in [6.45, 7) is 3.29. The van der Waals surface area contributed by atoms with Gasteiger partial charge in [-0.25, -0.2) is 4.98 Å². The van der Waals surface area contributed by atoms with E-state index in [-0.39, 0.29) is 0 Å². The number of nitrogens with one attached hydrogen (secondary N) is 2. The number of imidazole rings is 1. The van der Waals surface area contributed by atoms with E-state index in [1.165, 1.54) is 0 Å². The molecule has 2 heterocycles. The fourth-order valence-electron chi connectivity index (χ4n) is 2.97. The number of hydrogen-bond acceptors (Lipinski definition) is 4. The van der Waals surface area contributed by atoms with Crippen molar-refractivity contribution in [1.82, 2.24) is 20.2 Å². The zero-order valence-electron chi connectivity index (χ0n) is 16.0. The SMILES string of the molecule is CN=C(NCc1oc2ccccc2c1C)NCc1cnc(N(C)C)n1C. The quantitative estimate of drug-likeness (QED) is 0.544. The highest BCUT2D eigenvalue weighted by atomic mass is 16.3. The number of benzene rings is 1. The minimum Gasteiger partial charge on any atom is -0.459 e. The molecule has 0 aliphatic rings. The molecule has 0 aliphatic heterocycles. The molecule has 0 amide bonds. The van der Waals surface area contributed by atoms with Crippen LogP contribution < -0.4 is 15.5 Å². The number of fused-ring (bicyclic) bond motifs is 1. The minimum atomic E-state index is 0.578. The van der Waals surface area contributed by atoms with Gasteiger partial charge in [-0.3, -0.25) is 4.99 Å². The molecule has 0 aliphatic carbocycles. The van der Waals surface area contributed by atoms with Crippen LogP contribution in [-0.4, -0.2) is 36.7 Å². The molecule has 7 nitrogen and oxygen atoms in total. The maximum Gasteiger partial charge on any atom is 0.204 e. The van der Waals surface area contributed by atoms with Crippen molar-refractivity contribution < 1.29 is 4.42 Å². The second-order valence-electron chi connectivity index (χ2n) is 6.43. The third kappa shape index (κ3) is 3.51. The highest BCUT2D eigenvalue weighted by Gasteiger charge is 2.11. The Bertz CT molecular complexity index is 921. The normalized spacial score (nSPS) is 11.8. The molecule has 7 heteroatoms. The molecular weight excluding hydrogens is 328 g/mol. The Morgan fingerprint density at radius 1 is 1.23 bits per heavy atom. The summed E-state index contributed by atoms with van der Waals surface area (Å²) in [6.07, 6.45) is 1.87. The molecule has 2 aromatic heterocycles. The van der Waals surface area contributed by atoms with E-state index in [0.717, 1.165) is 39.9 Å². The maximum atomic E-state index is 5.94. The van der Waals surface area contributed by atoms with Gasteiger partial charge < -0.3 is 24.5 Å². The highest BCUT2D eigenvalue weighted by Crippen LogP contribution is 2.24. The summed E-state index contributed by atoms with van der Waals surface area (Å²) in [5.74, 6) is 2.56. The molecule has 0 unspecified atom stereocenters. The summed E-state index contributed by atoms with van der Waals surface area (Å²) in [5, 5.41) is 7.78. The van der Waals surface area contributed by atoms with Crippen LogP contribution in [0.2, 0.25) is 0 Å². The number of aromatic nitrogens is 2. The molecule has 0 saturated heterocycles. The molecule has 26 heavy (non-hydrogen) atoms. The van der Waals surface area contributed by atoms with Gasteiger partial charge in [-0.15, -0.1) is 0 Å². The lowest BCUT2D eigenvalue weighted by Crippen LogP contribution is -2.36. The fourth-order valence-corrected chi connectivity index (χ4v) is 2.97. The second-order valence-corrected chi connectivity index (χ2v) is 6.43. The number of guanidine groups is 1. The molecule has 3 aromatic rings. The highest BCUT2D eigenvalue weighted by molar-refractivity contribution is 5.82. The first-order valence-electron chi connectivity index (χ1n) is 8.60. The molecule has 3 rings (SSSR count). The smallest absolute Gasteiger partial charge is 0.204 e. The van der Waals surface area contributed by atoms with Crippen LogP contribution in [0.1, 0.15) is 17.0 Å². The van der Waals surface area contributed by atoms with Gasteiger partial charge in [-0.2, -0.15) is 0 Å². The van der Waals surface area contributed by atoms with Gasteiger partial charge in [0.1, 0.15) is 11.3 Å². The van der Waals surface area contributed by atoms with E-state index in [1.54, 1.807) is 7.05 Å². The molecule has 0 radical (unpaired) electrons. The van der Waals surface area contributed by atoms with Crippen molar-refractivity contribution in [3.05, 3.63) is 47.5 Å². The Morgan fingerprint density at radius 2 is 1.96 bits per heavy atom. The monoisotopic (exact) mass is 354 g/mol. The van der Waals surface area contributed by atoms with Crippen molar-refractivity contribution in [3.8, 4) is 0 Å². The summed E-state index contributed by atoms with van der Waals surface area (Å²) in [6, 6.07) is 8.08. The number of aryl methyl sites for hydroxylation is 1. The Labute approximate surface area is 153 Å². The van der Waals surface area contributed by atoms with Crippen molar-refractivity contribution >= 4 is 22.9 Å². The lowest BCUT2D eigenvalue weighted by molar-refractivity contribution is 0.534. The van der Waals surface area contributed by atoms with E-state index in [2.05, 4.69) is 38.2 Å². The predicted molar refractivity (Wildman–Crippen MR) is 106 cm³/mol. The summed E-state index contributed by atoms with van der Waals surface area (Å²) >= 11 is 0. The Balaban J connectivity index is 1.62. The largest absolute Gasteiger partial charge is 0.459 e. The number of furan rings is 1. The first-order valence-corrected chi connectivity index (χ1v) is 8.60. The molecule has 0 atom stereocenters. The third-order valence-corrected chi connectivity index (χ3v) is 4.48. The van der Waals surface area contributed by atoms with Crippen LogP contribution in [0, 0.1) is 6.92 Å². The van der Waals surface area contributed by atoms with Gasteiger partial charge in [0, 0.05) is 39.1 Å². The summed E-state index contributed by atoms with van der Waals surface area (Å²) in [7, 11) is 7.73. The van der Waals surface area contributed by atoms with Gasteiger partial charge in [-0.1, -0.05) is 18.2 Å². The topological polar surface area (TPSA) is 70.6 Å². The van der Waals surface area contributed by atoms with E-state index < -0.39 is 0 Å². The summed E-state index contributed by atoms with van der Waals surface area (Å²) < 4.78 is 8.00.